The van der Waals surface area contributed by atoms with Crippen LogP contribution in [0.25, 0.3) is 5.69 Å². The Kier molecular flexibility index (Phi) is 5.69. The number of carbonyl (C=O) groups excluding carboxylic acids is 1. The second-order valence-corrected chi connectivity index (χ2v) is 7.14. The third kappa shape index (κ3) is 3.80. The lowest BCUT2D eigenvalue weighted by molar-refractivity contribution is -0.120. The molecule has 24 heavy (non-hydrogen) atoms. The maximum atomic E-state index is 13.4. The Balaban J connectivity index is 2.38. The monoisotopic (exact) mass is 348 g/mol. The maximum absolute atomic E-state index is 13.4. The van der Waals surface area contributed by atoms with Crippen molar-refractivity contribution in [2.24, 2.45) is 0 Å². The van der Waals surface area contributed by atoms with Crippen LogP contribution in [0.15, 0.2) is 24.7 Å². The van der Waals surface area contributed by atoms with Crippen LogP contribution in [-0.2, 0) is 4.79 Å². The minimum absolute atomic E-state index is 0.0550. The van der Waals surface area contributed by atoms with Crippen LogP contribution in [0.3, 0.4) is 0 Å². The zero-order valence-corrected chi connectivity index (χ0v) is 15.5. The Hall–Kier alpha value is -1.83. The fraction of sp³-hybridized carbons (Fsp3) is 0.438. The van der Waals surface area contributed by atoms with Crippen LogP contribution in [0.2, 0.25) is 5.31 Å². The molecule has 1 amide bonds. The lowest BCUT2D eigenvalue weighted by atomic mass is 9.71. The van der Waals surface area contributed by atoms with E-state index in [1.807, 2.05) is 34.9 Å². The van der Waals surface area contributed by atoms with E-state index < -0.39 is 11.1 Å². The van der Waals surface area contributed by atoms with Gasteiger partial charge in [0.25, 0.3) is 0 Å². The lowest BCUT2D eigenvalue weighted by Crippen LogP contribution is -2.40. The molecule has 2 heterocycles. The minimum Gasteiger partial charge on any atom is -0.310 e. The molecular formula is C16H22BFN4OS. The third-order valence-corrected chi connectivity index (χ3v) is 4.77. The van der Waals surface area contributed by atoms with E-state index >= 15 is 0 Å². The molecule has 1 atom stereocenters. The molecule has 128 valence electrons. The van der Waals surface area contributed by atoms with Crippen molar-refractivity contribution in [1.29, 1.82) is 0 Å². The fourth-order valence-electron chi connectivity index (χ4n) is 2.59. The predicted octanol–water partition coefficient (Wildman–Crippen LogP) is 2.24. The molecular weight excluding hydrogens is 326 g/mol. The number of thioether (sulfide) groups is 1. The molecule has 0 bridgehead atoms. The molecule has 0 aliphatic heterocycles. The van der Waals surface area contributed by atoms with Gasteiger partial charge >= 0.3 is 0 Å². The molecule has 2 aromatic heterocycles. The first-order valence-electron chi connectivity index (χ1n) is 7.78. The normalized spacial score (nSPS) is 13.5. The van der Waals surface area contributed by atoms with E-state index in [2.05, 4.69) is 10.1 Å². The van der Waals surface area contributed by atoms with Gasteiger partial charge in [-0.1, -0.05) is 6.92 Å². The quantitative estimate of drug-likeness (QED) is 0.752. The molecule has 0 aromatic carbocycles. The molecule has 8 heteroatoms. The van der Waals surface area contributed by atoms with Crippen LogP contribution in [-0.4, -0.2) is 47.1 Å². The number of aromatic nitrogens is 3. The summed E-state index contributed by atoms with van der Waals surface area (Å²) in [5.41, 5.74) is 1.98. The summed E-state index contributed by atoms with van der Waals surface area (Å²) in [6.07, 6.45) is 6.43. The molecule has 1 unspecified atom stereocenters. The van der Waals surface area contributed by atoms with Gasteiger partial charge in [0.1, 0.15) is 13.7 Å². The zero-order chi connectivity index (χ0) is 17.9. The first kappa shape index (κ1) is 18.5. The Bertz CT molecular complexity index is 735. The van der Waals surface area contributed by atoms with Gasteiger partial charge in [-0.2, -0.15) is 16.9 Å². The standard InChI is InChI=1S/C16H22BFN4OS/c1-5-21(15(23)16(3,17)10-24-4)14-9-22(20-11(14)2)13-6-12(18)7-19-8-13/h6-9H,5,10,17H2,1-4H3. The second kappa shape index (κ2) is 7.38. The van der Waals surface area contributed by atoms with Crippen LogP contribution in [0.4, 0.5) is 10.1 Å². The predicted molar refractivity (Wildman–Crippen MR) is 99.4 cm³/mol. The van der Waals surface area contributed by atoms with E-state index in [0.717, 1.165) is 23.3 Å². The van der Waals surface area contributed by atoms with E-state index in [1.165, 1.54) is 12.3 Å². The van der Waals surface area contributed by atoms with Crippen molar-refractivity contribution in [3.8, 4) is 5.69 Å². The highest BCUT2D eigenvalue weighted by atomic mass is 32.2. The molecule has 0 aliphatic rings. The van der Waals surface area contributed by atoms with Crippen LogP contribution >= 0.6 is 11.8 Å². The summed E-state index contributed by atoms with van der Waals surface area (Å²) in [4.78, 5) is 18.5. The van der Waals surface area contributed by atoms with Crippen molar-refractivity contribution < 1.29 is 9.18 Å². The van der Waals surface area contributed by atoms with Crippen molar-refractivity contribution in [3.63, 3.8) is 0 Å². The SMILES string of the molecule is BC(C)(CSC)C(=O)N(CC)c1cn(-c2cncc(F)c2)nc1C. The molecule has 0 aliphatic carbocycles. The number of amides is 1. The summed E-state index contributed by atoms with van der Waals surface area (Å²) in [6.45, 7) is 6.28. The smallest absolute Gasteiger partial charge is 0.225 e. The number of pyridine rings is 1. The van der Waals surface area contributed by atoms with Gasteiger partial charge in [-0.05, 0) is 25.9 Å². The maximum Gasteiger partial charge on any atom is 0.225 e. The van der Waals surface area contributed by atoms with Gasteiger partial charge in [0, 0.05) is 17.9 Å². The van der Waals surface area contributed by atoms with Gasteiger partial charge in [0.05, 0.1) is 35.7 Å². The number of anilines is 1. The number of hydrogen-bond donors (Lipinski definition) is 0. The average molecular weight is 348 g/mol. The molecule has 5 nitrogen and oxygen atoms in total. The van der Waals surface area contributed by atoms with Crippen molar-refractivity contribution in [2.75, 3.05) is 23.5 Å². The molecule has 0 radical (unpaired) electrons. The van der Waals surface area contributed by atoms with Gasteiger partial charge in [0.2, 0.25) is 5.91 Å². The zero-order valence-electron chi connectivity index (χ0n) is 14.7. The summed E-state index contributed by atoms with van der Waals surface area (Å²) in [5.74, 6) is 0.370. The Morgan fingerprint density at radius 1 is 1.50 bits per heavy atom. The topological polar surface area (TPSA) is 51.0 Å². The molecule has 0 spiro atoms. The third-order valence-electron chi connectivity index (χ3n) is 3.76. The van der Waals surface area contributed by atoms with Crippen LogP contribution in [0.5, 0.6) is 0 Å². The summed E-state index contributed by atoms with van der Waals surface area (Å²) in [6, 6.07) is 1.36. The second-order valence-electron chi connectivity index (χ2n) is 6.27. The van der Waals surface area contributed by atoms with Gasteiger partial charge in [0.15, 0.2) is 0 Å². The number of aryl methyl sites for hydroxylation is 1. The molecule has 2 aromatic rings. The number of hydrogen-bond acceptors (Lipinski definition) is 4. The van der Waals surface area contributed by atoms with Crippen molar-refractivity contribution in [3.05, 3.63) is 36.2 Å². The highest BCUT2D eigenvalue weighted by Crippen LogP contribution is 2.31. The number of nitrogens with zero attached hydrogens (tertiary/aromatic N) is 4. The Labute approximate surface area is 147 Å². The average Bonchev–Trinajstić information content (AvgIpc) is 2.90. The summed E-state index contributed by atoms with van der Waals surface area (Å²) >= 11 is 1.65. The molecule has 0 N–H and O–H groups in total. The highest BCUT2D eigenvalue weighted by molar-refractivity contribution is 7.98. The van der Waals surface area contributed by atoms with Crippen LogP contribution in [0.1, 0.15) is 19.5 Å². The fourth-order valence-corrected chi connectivity index (χ4v) is 3.43. The van der Waals surface area contributed by atoms with Crippen molar-refractivity contribution in [1.82, 2.24) is 14.8 Å². The van der Waals surface area contributed by atoms with E-state index in [9.17, 15) is 9.18 Å². The minimum atomic E-state index is -0.468. The molecule has 0 fully saturated rings. The van der Waals surface area contributed by atoms with E-state index in [4.69, 9.17) is 0 Å². The Morgan fingerprint density at radius 3 is 2.79 bits per heavy atom. The van der Waals surface area contributed by atoms with Gasteiger partial charge in [-0.25, -0.2) is 9.07 Å². The molecule has 2 rings (SSSR count). The number of halogens is 1. The molecule has 0 saturated heterocycles. The van der Waals surface area contributed by atoms with Gasteiger partial charge < -0.3 is 4.90 Å². The summed E-state index contributed by atoms with van der Waals surface area (Å²) in [5, 5.41) is 3.94. The van der Waals surface area contributed by atoms with Crippen molar-refractivity contribution >= 4 is 31.2 Å². The summed E-state index contributed by atoms with van der Waals surface area (Å²) < 4.78 is 14.9. The summed E-state index contributed by atoms with van der Waals surface area (Å²) in [7, 11) is 1.95. The van der Waals surface area contributed by atoms with Crippen LogP contribution < -0.4 is 4.90 Å². The van der Waals surface area contributed by atoms with Crippen LogP contribution in [0, 0.1) is 12.7 Å². The van der Waals surface area contributed by atoms with E-state index in [0.29, 0.717) is 12.2 Å². The van der Waals surface area contributed by atoms with E-state index in [-0.39, 0.29) is 5.91 Å². The lowest BCUT2D eigenvalue weighted by Gasteiger charge is -2.30. The largest absolute Gasteiger partial charge is 0.310 e. The number of rotatable bonds is 6. The van der Waals surface area contributed by atoms with Gasteiger partial charge in [-0.15, -0.1) is 0 Å². The molecule has 0 saturated carbocycles. The number of carbonyl (C=O) groups is 1. The Morgan fingerprint density at radius 2 is 2.21 bits per heavy atom. The van der Waals surface area contributed by atoms with Crippen molar-refractivity contribution in [2.45, 2.75) is 26.1 Å². The van der Waals surface area contributed by atoms with E-state index in [1.54, 1.807) is 27.5 Å². The van der Waals surface area contributed by atoms with Gasteiger partial charge in [-0.3, -0.25) is 9.78 Å². The first-order chi connectivity index (χ1) is 11.3. The highest BCUT2D eigenvalue weighted by Gasteiger charge is 2.32. The first-order valence-corrected chi connectivity index (χ1v) is 9.17.